The van der Waals surface area contributed by atoms with Crippen LogP contribution >= 0.6 is 0 Å². The van der Waals surface area contributed by atoms with E-state index < -0.39 is 0 Å². The van der Waals surface area contributed by atoms with Gasteiger partial charge in [-0.15, -0.1) is 12.7 Å². The molecule has 0 heterocycles. The van der Waals surface area contributed by atoms with E-state index in [1.165, 1.54) is 0 Å². The Morgan fingerprint density at radius 2 is 0.867 bits per heavy atom. The van der Waals surface area contributed by atoms with Crippen LogP contribution in [0.3, 0.4) is 0 Å². The molecule has 0 nitrogen and oxygen atoms in total. The summed E-state index contributed by atoms with van der Waals surface area (Å²) in [7, 11) is 0. The summed E-state index contributed by atoms with van der Waals surface area (Å²) in [6.07, 6.45) is 22.6. The van der Waals surface area contributed by atoms with Crippen molar-refractivity contribution in [3.8, 4) is 0 Å². The smallest absolute Gasteiger partial charge is 0 e. The molecule has 1 heteroatoms. The number of hydrogen-bond donors (Lipinski definition) is 0. The first-order valence-electron chi connectivity index (χ1n) is 4.65. The third kappa shape index (κ3) is 17.1. The van der Waals surface area contributed by atoms with E-state index in [1.54, 1.807) is 6.08 Å². The summed E-state index contributed by atoms with van der Waals surface area (Å²) in [6.45, 7) is 6.90. The molecule has 0 aromatic heterocycles. The standard InChI is InChI=1S/2C5H5.C4H7.Ti/c2*1-2-4-5-3-1;1-3-4-2;/h2*1-5H;3H,1-2,4H2;/q;;-1;. The van der Waals surface area contributed by atoms with Gasteiger partial charge in [0.2, 0.25) is 0 Å². The molecule has 0 aromatic carbocycles. The predicted molar refractivity (Wildman–Crippen MR) is 63.2 cm³/mol. The first-order chi connectivity index (χ1) is 6.91. The fraction of sp³-hybridized carbons (Fsp3) is 0.0714. The fourth-order valence-electron chi connectivity index (χ4n) is 0.642. The summed E-state index contributed by atoms with van der Waals surface area (Å²) in [6, 6.07) is 0. The van der Waals surface area contributed by atoms with E-state index in [0.29, 0.717) is 0 Å². The normalized spacial score (nSPS) is 17.7. The summed E-state index contributed by atoms with van der Waals surface area (Å²) in [4.78, 5) is 0. The molecule has 0 bridgehead atoms. The van der Waals surface area contributed by atoms with Crippen molar-refractivity contribution in [2.45, 2.75) is 6.42 Å². The van der Waals surface area contributed by atoms with Crippen LogP contribution in [0.1, 0.15) is 6.42 Å². The van der Waals surface area contributed by atoms with Crippen LogP contribution in [0.15, 0.2) is 12.7 Å². The Kier molecular flexibility index (Phi) is 20.1. The minimum Gasteiger partial charge on any atom is -0.340 e. The van der Waals surface area contributed by atoms with Gasteiger partial charge in [-0.3, -0.25) is 0 Å². The molecule has 0 aliphatic heterocycles. The van der Waals surface area contributed by atoms with Gasteiger partial charge in [0.15, 0.2) is 0 Å². The van der Waals surface area contributed by atoms with Gasteiger partial charge in [-0.1, -0.05) is 0 Å². The molecule has 2 rings (SSSR count). The zero-order valence-corrected chi connectivity index (χ0v) is 10.5. The van der Waals surface area contributed by atoms with Crippen LogP contribution in [0.5, 0.6) is 0 Å². The maximum atomic E-state index is 3.49. The van der Waals surface area contributed by atoms with Crippen molar-refractivity contribution in [3.63, 3.8) is 0 Å². The molecule has 78 valence electrons. The van der Waals surface area contributed by atoms with Crippen LogP contribution in [0.2, 0.25) is 0 Å². The SMILES string of the molecule is C=CC[CH2-].[CH]1[CH][CH][CH][CH]1.[CH]1[CH][CH][CH][CH]1.[Ti]. The van der Waals surface area contributed by atoms with Crippen molar-refractivity contribution in [2.24, 2.45) is 0 Å². The molecule has 0 N–H and O–H groups in total. The summed E-state index contributed by atoms with van der Waals surface area (Å²) >= 11 is 0. The molecule has 0 atom stereocenters. The molecule has 0 aromatic rings. The molecule has 2 saturated carbocycles. The molecule has 0 amide bonds. The molecule has 10 radical (unpaired) electrons. The molecule has 2 fully saturated rings. The maximum Gasteiger partial charge on any atom is 0 e. The van der Waals surface area contributed by atoms with Gasteiger partial charge in [-0.2, -0.15) is 6.42 Å². The van der Waals surface area contributed by atoms with Crippen LogP contribution in [0, 0.1) is 71.1 Å². The predicted octanol–water partition coefficient (Wildman–Crippen LogP) is 3.44. The summed E-state index contributed by atoms with van der Waals surface area (Å²) in [5, 5.41) is 0. The van der Waals surface area contributed by atoms with Crippen LogP contribution in [0.4, 0.5) is 0 Å². The Bertz CT molecular complexity index is 76.7. The van der Waals surface area contributed by atoms with Gasteiger partial charge in [-0.05, 0) is 64.2 Å². The fourth-order valence-corrected chi connectivity index (χ4v) is 0.642. The third-order valence-electron chi connectivity index (χ3n) is 1.32. The number of allylic oxidation sites excluding steroid dienone is 1. The second-order valence-corrected chi connectivity index (χ2v) is 2.50. The van der Waals surface area contributed by atoms with Crippen molar-refractivity contribution < 1.29 is 21.7 Å². The molecule has 0 saturated heterocycles. The average Bonchev–Trinajstić information content (AvgIpc) is 2.94. The van der Waals surface area contributed by atoms with Crippen LogP contribution in [-0.4, -0.2) is 0 Å². The van der Waals surface area contributed by atoms with Crippen molar-refractivity contribution in [1.82, 2.24) is 0 Å². The van der Waals surface area contributed by atoms with Gasteiger partial charge >= 0.3 is 0 Å². The zero-order chi connectivity index (χ0) is 10.5. The number of rotatable bonds is 1. The molecule has 2 aliphatic carbocycles. The van der Waals surface area contributed by atoms with Crippen LogP contribution < -0.4 is 0 Å². The summed E-state index contributed by atoms with van der Waals surface area (Å²) in [5.74, 6) is 0. The van der Waals surface area contributed by atoms with Crippen molar-refractivity contribution in [1.29, 1.82) is 0 Å². The number of hydrogen-bond acceptors (Lipinski definition) is 0. The van der Waals surface area contributed by atoms with E-state index in [1.807, 2.05) is 64.2 Å². The zero-order valence-electron chi connectivity index (χ0n) is 8.97. The monoisotopic (exact) mass is 233 g/mol. The third-order valence-corrected chi connectivity index (χ3v) is 1.32. The maximum absolute atomic E-state index is 3.49. The Labute approximate surface area is 112 Å². The van der Waals surface area contributed by atoms with E-state index >= 15 is 0 Å². The Hall–Kier alpha value is 0.454. The Balaban J connectivity index is 0. The second kappa shape index (κ2) is 16.9. The van der Waals surface area contributed by atoms with Crippen molar-refractivity contribution in [2.75, 3.05) is 0 Å². The molecule has 0 spiro atoms. The first-order valence-corrected chi connectivity index (χ1v) is 4.65. The molecular weight excluding hydrogens is 216 g/mol. The Morgan fingerprint density at radius 1 is 0.733 bits per heavy atom. The van der Waals surface area contributed by atoms with Crippen molar-refractivity contribution >= 4 is 0 Å². The molecule has 2 aliphatic rings. The minimum atomic E-state index is 0. The average molecular weight is 233 g/mol. The van der Waals surface area contributed by atoms with Crippen LogP contribution in [0.25, 0.3) is 0 Å². The minimum absolute atomic E-state index is 0. The van der Waals surface area contributed by atoms with Gasteiger partial charge in [-0.25, -0.2) is 0 Å². The van der Waals surface area contributed by atoms with Crippen molar-refractivity contribution in [3.05, 3.63) is 83.8 Å². The first kappa shape index (κ1) is 17.8. The Morgan fingerprint density at radius 3 is 0.933 bits per heavy atom. The van der Waals surface area contributed by atoms with Gasteiger partial charge in [0.25, 0.3) is 0 Å². The largest absolute Gasteiger partial charge is 0.340 e. The van der Waals surface area contributed by atoms with E-state index in [-0.39, 0.29) is 21.7 Å². The van der Waals surface area contributed by atoms with E-state index in [0.717, 1.165) is 6.42 Å². The summed E-state index contributed by atoms with van der Waals surface area (Å²) in [5.41, 5.74) is 0. The van der Waals surface area contributed by atoms with Gasteiger partial charge < -0.3 is 6.92 Å². The second-order valence-electron chi connectivity index (χ2n) is 2.50. The topological polar surface area (TPSA) is 0 Å². The molecule has 0 unspecified atom stereocenters. The van der Waals surface area contributed by atoms with E-state index in [2.05, 4.69) is 13.5 Å². The van der Waals surface area contributed by atoms with Gasteiger partial charge in [0.1, 0.15) is 0 Å². The molecule has 15 heavy (non-hydrogen) atoms. The van der Waals surface area contributed by atoms with E-state index in [4.69, 9.17) is 0 Å². The van der Waals surface area contributed by atoms with E-state index in [9.17, 15) is 0 Å². The van der Waals surface area contributed by atoms with Crippen LogP contribution in [-0.2, 0) is 21.7 Å². The van der Waals surface area contributed by atoms with Gasteiger partial charge in [0.05, 0.1) is 0 Å². The molecular formula is C14H17Ti-. The summed E-state index contributed by atoms with van der Waals surface area (Å²) < 4.78 is 0. The quantitative estimate of drug-likeness (QED) is 0.369. The van der Waals surface area contributed by atoms with Gasteiger partial charge in [0, 0.05) is 21.7 Å².